The minimum Gasteiger partial charge on any atom is -0.310 e. The van der Waals surface area contributed by atoms with Gasteiger partial charge in [0, 0.05) is 27.7 Å². The van der Waals surface area contributed by atoms with Crippen molar-refractivity contribution in [2.24, 2.45) is 0 Å². The van der Waals surface area contributed by atoms with Crippen molar-refractivity contribution >= 4 is 71.2 Å². The smallest absolute Gasteiger partial charge is 0.0755 e. The third kappa shape index (κ3) is 4.80. The molecule has 0 N–H and O–H groups in total. The Hall–Kier alpha value is -9.76. The largest absolute Gasteiger partial charge is 0.310 e. The molecule has 2 heterocycles. The van der Waals surface area contributed by atoms with Crippen LogP contribution in [0.3, 0.4) is 0 Å². The number of rotatable bonds is 3. The first-order valence-electron chi connectivity index (χ1n) is 26.7. The first-order valence-corrected chi connectivity index (χ1v) is 26.7. The Morgan fingerprint density at radius 1 is 0.276 bits per heavy atom. The first-order chi connectivity index (χ1) is 37.7. The van der Waals surface area contributed by atoms with Gasteiger partial charge in [0.25, 0.3) is 0 Å². The van der Waals surface area contributed by atoms with Gasteiger partial charge in [-0.3, -0.25) is 0 Å². The minimum atomic E-state index is -0.599. The van der Waals surface area contributed by atoms with E-state index in [1.54, 1.807) is 0 Å². The predicted octanol–water partition coefficient (Wildman–Crippen LogP) is 18.7. The van der Waals surface area contributed by atoms with Gasteiger partial charge < -0.3 is 9.47 Å². The van der Waals surface area contributed by atoms with Gasteiger partial charge in [0.2, 0.25) is 0 Å². The van der Waals surface area contributed by atoms with E-state index >= 15 is 0 Å². The third-order valence-electron chi connectivity index (χ3n) is 18.1. The van der Waals surface area contributed by atoms with E-state index < -0.39 is 10.8 Å². The van der Waals surface area contributed by atoms with Crippen LogP contribution in [0.1, 0.15) is 44.5 Å². The van der Waals surface area contributed by atoms with Crippen LogP contribution >= 0.6 is 0 Å². The quantitative estimate of drug-likeness (QED) is 0.160. The van der Waals surface area contributed by atoms with Gasteiger partial charge in [0.15, 0.2) is 0 Å². The van der Waals surface area contributed by atoms with E-state index in [1.807, 2.05) is 0 Å². The van der Waals surface area contributed by atoms with E-state index in [9.17, 15) is 0 Å². The number of aromatic nitrogens is 1. The van der Waals surface area contributed by atoms with Crippen molar-refractivity contribution in [1.82, 2.24) is 4.57 Å². The topological polar surface area (TPSA) is 8.17 Å². The maximum Gasteiger partial charge on any atom is 0.0755 e. The molecule has 18 rings (SSSR count). The minimum absolute atomic E-state index is 0.538. The molecule has 13 aromatic carbocycles. The molecule has 350 valence electrons. The van der Waals surface area contributed by atoms with Crippen molar-refractivity contribution in [1.29, 1.82) is 0 Å². The van der Waals surface area contributed by atoms with Gasteiger partial charge in [-0.2, -0.15) is 0 Å². The molecule has 0 radical (unpaired) electrons. The molecule has 0 saturated carbocycles. The number of benzene rings is 13. The van der Waals surface area contributed by atoms with Crippen molar-refractivity contribution in [2.75, 3.05) is 4.90 Å². The van der Waals surface area contributed by atoms with Gasteiger partial charge in [-0.05, 0) is 147 Å². The molecule has 76 heavy (non-hydrogen) atoms. The highest BCUT2D eigenvalue weighted by atomic mass is 15.1. The Morgan fingerprint density at radius 2 is 0.789 bits per heavy atom. The van der Waals surface area contributed by atoms with Crippen molar-refractivity contribution in [3.63, 3.8) is 0 Å². The highest BCUT2D eigenvalue weighted by Gasteiger charge is 2.54. The predicted molar refractivity (Wildman–Crippen MR) is 315 cm³/mol. The Bertz CT molecular complexity index is 4870. The summed E-state index contributed by atoms with van der Waals surface area (Å²) in [6.07, 6.45) is 0. The molecule has 2 nitrogen and oxygen atoms in total. The summed E-state index contributed by atoms with van der Waals surface area (Å²) in [5, 5.41) is 10.1. The van der Waals surface area contributed by atoms with E-state index in [4.69, 9.17) is 0 Å². The fraction of sp³-hybridized carbons (Fsp3) is 0.0270. The summed E-state index contributed by atoms with van der Waals surface area (Å²) in [6, 6.07) is 102. The number of anilines is 3. The highest BCUT2D eigenvalue weighted by Crippen LogP contribution is 2.66. The Morgan fingerprint density at radius 3 is 1.61 bits per heavy atom. The summed E-state index contributed by atoms with van der Waals surface area (Å²) in [4.78, 5) is 2.59. The van der Waals surface area contributed by atoms with Crippen LogP contribution in [-0.4, -0.2) is 4.57 Å². The first kappa shape index (κ1) is 40.7. The molecule has 0 fully saturated rings. The van der Waals surface area contributed by atoms with Crippen LogP contribution in [0.15, 0.2) is 267 Å². The molecular weight excluding hydrogens is 917 g/mol. The van der Waals surface area contributed by atoms with Crippen LogP contribution in [0.2, 0.25) is 0 Å². The van der Waals surface area contributed by atoms with E-state index in [1.165, 1.54) is 138 Å². The fourth-order valence-corrected chi connectivity index (χ4v) is 15.4. The zero-order valence-electron chi connectivity index (χ0n) is 41.3. The summed E-state index contributed by atoms with van der Waals surface area (Å²) in [6.45, 7) is 0. The third-order valence-corrected chi connectivity index (χ3v) is 18.1. The van der Waals surface area contributed by atoms with Crippen molar-refractivity contribution in [3.05, 3.63) is 311 Å². The van der Waals surface area contributed by atoms with Gasteiger partial charge in [-0.25, -0.2) is 0 Å². The molecule has 1 unspecified atom stereocenters. The number of hydrogen-bond acceptors (Lipinski definition) is 1. The Kier molecular flexibility index (Phi) is 7.77. The van der Waals surface area contributed by atoms with Crippen LogP contribution in [-0.2, 0) is 10.8 Å². The standard InChI is InChI=1S/C74H44N2/c1-3-19-50-45(17-1)35-36-47-43-48(38-40-51(47)50)75(49-39-41-58-66(44-49)73(64-42-37-46-18-2-4-20-52(46)70(58)64)59-26-9-5-21-53(59)54-22-6-10-27-60(54)73)69-34-16-30-63-71(69)57-24-7-11-28-61(57)74(63)62-29-12-14-33-68(62)76-67-32-13-8-23-55(67)56-25-15-31-65(74)72(56)76/h1-44H. The lowest BCUT2D eigenvalue weighted by atomic mass is 9.65. The summed E-state index contributed by atoms with van der Waals surface area (Å²) < 4.78 is 2.54. The van der Waals surface area contributed by atoms with Gasteiger partial charge in [-0.15, -0.1) is 0 Å². The van der Waals surface area contributed by atoms with Crippen LogP contribution < -0.4 is 4.90 Å². The number of nitrogens with zero attached hydrogens (tertiary/aromatic N) is 2. The summed E-state index contributed by atoms with van der Waals surface area (Å²) in [5.41, 5.74) is 24.3. The lowest BCUT2D eigenvalue weighted by molar-refractivity contribution is 0.748. The molecule has 14 aromatic rings. The molecule has 2 spiro atoms. The molecule has 2 heteroatoms. The molecule has 3 aliphatic carbocycles. The second kappa shape index (κ2) is 14.5. The molecule has 1 aromatic heterocycles. The van der Waals surface area contributed by atoms with Crippen molar-refractivity contribution in [3.8, 4) is 39.1 Å². The van der Waals surface area contributed by atoms with Crippen LogP contribution in [0.4, 0.5) is 17.1 Å². The van der Waals surface area contributed by atoms with Crippen LogP contribution in [0, 0.1) is 0 Å². The lowest BCUT2D eigenvalue weighted by Gasteiger charge is -2.39. The van der Waals surface area contributed by atoms with E-state index in [2.05, 4.69) is 276 Å². The molecule has 0 saturated heterocycles. The van der Waals surface area contributed by atoms with Gasteiger partial charge in [-0.1, -0.05) is 224 Å². The monoisotopic (exact) mass is 960 g/mol. The second-order valence-electron chi connectivity index (χ2n) is 21.4. The van der Waals surface area contributed by atoms with E-state index in [-0.39, 0.29) is 0 Å². The summed E-state index contributed by atoms with van der Waals surface area (Å²) >= 11 is 0. The fourth-order valence-electron chi connectivity index (χ4n) is 15.4. The average molecular weight is 961 g/mol. The maximum atomic E-state index is 2.59. The molecule has 4 aliphatic rings. The van der Waals surface area contributed by atoms with Gasteiger partial charge in [0.1, 0.15) is 0 Å². The number of fused-ring (bicyclic) bond motifs is 27. The zero-order chi connectivity index (χ0) is 49.4. The van der Waals surface area contributed by atoms with E-state index in [0.717, 1.165) is 17.1 Å². The summed E-state index contributed by atoms with van der Waals surface area (Å²) in [7, 11) is 0. The number of para-hydroxylation sites is 3. The van der Waals surface area contributed by atoms with Crippen molar-refractivity contribution in [2.45, 2.75) is 10.8 Å². The Balaban J connectivity index is 0.960. The highest BCUT2D eigenvalue weighted by molar-refractivity contribution is 6.14. The zero-order valence-corrected chi connectivity index (χ0v) is 41.3. The molecule has 1 atom stereocenters. The molecule has 0 amide bonds. The average Bonchev–Trinajstić information content (AvgIpc) is 3.87. The summed E-state index contributed by atoms with van der Waals surface area (Å²) in [5.74, 6) is 0. The molecule has 1 aliphatic heterocycles. The van der Waals surface area contributed by atoms with Gasteiger partial charge >= 0.3 is 0 Å². The lowest BCUT2D eigenvalue weighted by Crippen LogP contribution is -2.33. The SMILES string of the molecule is c1ccc2c(c1)-c1ccccc1C21c2cc(N(c3ccc4c(ccc5ccccc54)c3)c3cccc4c3-c3ccccc3C43c4ccccc4-n4c5ccccc5c5cccc3c54)ccc2-c2c1ccc1ccccc21. The van der Waals surface area contributed by atoms with Crippen LogP contribution in [0.25, 0.3) is 93.2 Å². The number of hydrogen-bond donors (Lipinski definition) is 0. The van der Waals surface area contributed by atoms with E-state index in [0.29, 0.717) is 0 Å². The van der Waals surface area contributed by atoms with Gasteiger partial charge in [0.05, 0.1) is 33.2 Å². The Labute approximate surface area is 439 Å². The normalized spacial score (nSPS) is 15.5. The van der Waals surface area contributed by atoms with Crippen LogP contribution in [0.5, 0.6) is 0 Å². The van der Waals surface area contributed by atoms with Crippen molar-refractivity contribution < 1.29 is 0 Å². The molecule has 0 bridgehead atoms. The maximum absolute atomic E-state index is 2.59. The molecular formula is C74H44N2. The second-order valence-corrected chi connectivity index (χ2v) is 21.4.